The van der Waals surface area contributed by atoms with Crippen molar-refractivity contribution in [3.05, 3.63) is 29.8 Å². The molecule has 0 spiro atoms. The van der Waals surface area contributed by atoms with Crippen molar-refractivity contribution < 1.29 is 4.79 Å². The zero-order valence-corrected chi connectivity index (χ0v) is 11.3. The summed E-state index contributed by atoms with van der Waals surface area (Å²) >= 11 is 0. The van der Waals surface area contributed by atoms with Crippen LogP contribution in [0, 0.1) is 5.92 Å². The summed E-state index contributed by atoms with van der Waals surface area (Å²) < 4.78 is 0. The molecule has 0 amide bonds. The van der Waals surface area contributed by atoms with Crippen molar-refractivity contribution in [1.82, 2.24) is 0 Å². The highest BCUT2D eigenvalue weighted by Crippen LogP contribution is 2.30. The molecule has 94 valence electrons. The molecule has 0 radical (unpaired) electrons. The summed E-state index contributed by atoms with van der Waals surface area (Å²) in [4.78, 5) is 12.5. The van der Waals surface area contributed by atoms with Gasteiger partial charge in [-0.15, -0.1) is 0 Å². The average Bonchev–Trinajstić information content (AvgIpc) is 2.31. The van der Waals surface area contributed by atoms with Gasteiger partial charge in [-0.1, -0.05) is 26.0 Å². The molecule has 2 nitrogen and oxygen atoms in total. The maximum atomic E-state index is 12.5. The second-order valence-electron chi connectivity index (χ2n) is 5.12. The molecule has 0 heterocycles. The van der Waals surface area contributed by atoms with E-state index in [1.54, 1.807) is 0 Å². The third kappa shape index (κ3) is 2.87. The lowest BCUT2D eigenvalue weighted by Gasteiger charge is -2.28. The molecule has 2 N–H and O–H groups in total. The molecule has 0 aliphatic carbocycles. The van der Waals surface area contributed by atoms with Gasteiger partial charge in [-0.3, -0.25) is 4.79 Å². The van der Waals surface area contributed by atoms with Gasteiger partial charge in [-0.25, -0.2) is 0 Å². The highest BCUT2D eigenvalue weighted by molar-refractivity contribution is 5.91. The van der Waals surface area contributed by atoms with Crippen LogP contribution in [0.25, 0.3) is 0 Å². The number of benzene rings is 1. The van der Waals surface area contributed by atoms with E-state index in [9.17, 15) is 4.79 Å². The monoisotopic (exact) mass is 233 g/mol. The van der Waals surface area contributed by atoms with Crippen molar-refractivity contribution in [2.24, 2.45) is 5.92 Å². The number of hydrogen-bond donors (Lipinski definition) is 1. The molecular weight excluding hydrogens is 210 g/mol. The Morgan fingerprint density at radius 3 is 2.06 bits per heavy atom. The van der Waals surface area contributed by atoms with E-state index in [2.05, 4.69) is 13.8 Å². The van der Waals surface area contributed by atoms with E-state index in [-0.39, 0.29) is 5.92 Å². The van der Waals surface area contributed by atoms with Gasteiger partial charge in [0.05, 0.1) is 0 Å². The van der Waals surface area contributed by atoms with Gasteiger partial charge in [0.1, 0.15) is 5.78 Å². The first-order chi connectivity index (χ1) is 7.93. The van der Waals surface area contributed by atoms with Crippen LogP contribution in [0.2, 0.25) is 0 Å². The van der Waals surface area contributed by atoms with Gasteiger partial charge in [0, 0.05) is 17.0 Å². The van der Waals surface area contributed by atoms with Gasteiger partial charge in [-0.2, -0.15) is 0 Å². The second kappa shape index (κ2) is 5.35. The molecule has 0 unspecified atom stereocenters. The summed E-state index contributed by atoms with van der Waals surface area (Å²) in [6.07, 6.45) is 1.82. The Bertz CT molecular complexity index is 374. The highest BCUT2D eigenvalue weighted by atomic mass is 16.1. The lowest BCUT2D eigenvalue weighted by Crippen LogP contribution is -2.34. The number of ketones is 1. The quantitative estimate of drug-likeness (QED) is 0.790. The summed E-state index contributed by atoms with van der Waals surface area (Å²) in [5, 5.41) is 0. The summed E-state index contributed by atoms with van der Waals surface area (Å²) in [5.41, 5.74) is 7.03. The minimum atomic E-state index is -0.426. The molecule has 1 aromatic carbocycles. The van der Waals surface area contributed by atoms with Crippen LogP contribution in [0.1, 0.15) is 46.1 Å². The Morgan fingerprint density at radius 1 is 1.18 bits per heavy atom. The van der Waals surface area contributed by atoms with Crippen LogP contribution in [0.15, 0.2) is 24.3 Å². The van der Waals surface area contributed by atoms with Gasteiger partial charge in [0.2, 0.25) is 0 Å². The van der Waals surface area contributed by atoms with Gasteiger partial charge < -0.3 is 5.73 Å². The second-order valence-corrected chi connectivity index (χ2v) is 5.12. The number of nitrogens with two attached hydrogens (primary N) is 1. The summed E-state index contributed by atoms with van der Waals surface area (Å²) in [6.45, 7) is 8.15. The SMILES string of the molecule is CCC(CC)C(=O)C(C)(C)c1ccc(N)cc1. The van der Waals surface area contributed by atoms with Crippen LogP contribution in [-0.4, -0.2) is 5.78 Å². The fourth-order valence-corrected chi connectivity index (χ4v) is 2.21. The van der Waals surface area contributed by atoms with Crippen molar-refractivity contribution in [3.8, 4) is 0 Å². The number of nitrogen functional groups attached to an aromatic ring is 1. The van der Waals surface area contributed by atoms with E-state index in [4.69, 9.17) is 5.73 Å². The molecule has 0 saturated carbocycles. The molecular formula is C15H23NO. The first-order valence-electron chi connectivity index (χ1n) is 6.33. The number of anilines is 1. The largest absolute Gasteiger partial charge is 0.399 e. The average molecular weight is 233 g/mol. The lowest BCUT2D eigenvalue weighted by molar-refractivity contribution is -0.127. The molecule has 17 heavy (non-hydrogen) atoms. The molecule has 0 atom stereocenters. The first kappa shape index (κ1) is 13.8. The Balaban J connectivity index is 3.01. The highest BCUT2D eigenvalue weighted by Gasteiger charge is 2.33. The molecule has 0 aliphatic heterocycles. The Morgan fingerprint density at radius 2 is 1.65 bits per heavy atom. The minimum absolute atomic E-state index is 0.155. The number of hydrogen-bond acceptors (Lipinski definition) is 2. The van der Waals surface area contributed by atoms with E-state index >= 15 is 0 Å². The fourth-order valence-electron chi connectivity index (χ4n) is 2.21. The fraction of sp³-hybridized carbons (Fsp3) is 0.533. The van der Waals surface area contributed by atoms with Crippen LogP contribution >= 0.6 is 0 Å². The zero-order valence-electron chi connectivity index (χ0n) is 11.3. The number of carbonyl (C=O) groups excluding carboxylic acids is 1. The van der Waals surface area contributed by atoms with Crippen LogP contribution in [0.4, 0.5) is 5.69 Å². The normalized spacial score (nSPS) is 11.8. The van der Waals surface area contributed by atoms with Gasteiger partial charge >= 0.3 is 0 Å². The Kier molecular flexibility index (Phi) is 4.33. The van der Waals surface area contributed by atoms with Gasteiger partial charge in [-0.05, 0) is 44.4 Å². The maximum Gasteiger partial charge on any atom is 0.145 e. The van der Waals surface area contributed by atoms with E-state index in [0.29, 0.717) is 5.78 Å². The summed E-state index contributed by atoms with van der Waals surface area (Å²) in [7, 11) is 0. The van der Waals surface area contributed by atoms with Crippen molar-refractivity contribution in [2.45, 2.75) is 46.0 Å². The predicted octanol–water partition coefficient (Wildman–Crippen LogP) is 3.55. The van der Waals surface area contributed by atoms with Crippen LogP contribution in [-0.2, 0) is 10.2 Å². The molecule has 0 aromatic heterocycles. The molecule has 0 aliphatic rings. The summed E-state index contributed by atoms with van der Waals surface area (Å²) in [5.74, 6) is 0.481. The van der Waals surface area contributed by atoms with Crippen LogP contribution in [0.3, 0.4) is 0 Å². The topological polar surface area (TPSA) is 43.1 Å². The van der Waals surface area contributed by atoms with Crippen molar-refractivity contribution in [1.29, 1.82) is 0 Å². The zero-order chi connectivity index (χ0) is 13.1. The number of rotatable bonds is 5. The Labute approximate surface area is 104 Å². The molecule has 0 saturated heterocycles. The van der Waals surface area contributed by atoms with E-state index in [0.717, 1.165) is 24.1 Å². The molecule has 0 fully saturated rings. The van der Waals surface area contributed by atoms with Crippen LogP contribution in [0.5, 0.6) is 0 Å². The number of carbonyl (C=O) groups is 1. The van der Waals surface area contributed by atoms with Gasteiger partial charge in [0.25, 0.3) is 0 Å². The van der Waals surface area contributed by atoms with E-state index in [1.807, 2.05) is 38.1 Å². The third-order valence-electron chi connectivity index (χ3n) is 3.60. The van der Waals surface area contributed by atoms with Crippen molar-refractivity contribution >= 4 is 11.5 Å². The van der Waals surface area contributed by atoms with Gasteiger partial charge in [0.15, 0.2) is 0 Å². The maximum absolute atomic E-state index is 12.5. The van der Waals surface area contributed by atoms with Crippen molar-refractivity contribution in [3.63, 3.8) is 0 Å². The van der Waals surface area contributed by atoms with E-state index < -0.39 is 5.41 Å². The third-order valence-corrected chi connectivity index (χ3v) is 3.60. The van der Waals surface area contributed by atoms with Crippen molar-refractivity contribution in [2.75, 3.05) is 5.73 Å². The first-order valence-corrected chi connectivity index (χ1v) is 6.33. The molecule has 2 heteroatoms. The number of Topliss-reactive ketones (excluding diaryl/α,β-unsaturated/α-hetero) is 1. The molecule has 0 bridgehead atoms. The summed E-state index contributed by atoms with van der Waals surface area (Å²) in [6, 6.07) is 7.62. The van der Waals surface area contributed by atoms with E-state index in [1.165, 1.54) is 0 Å². The minimum Gasteiger partial charge on any atom is -0.399 e. The smallest absolute Gasteiger partial charge is 0.145 e. The Hall–Kier alpha value is -1.31. The molecule has 1 rings (SSSR count). The molecule has 1 aromatic rings. The lowest BCUT2D eigenvalue weighted by atomic mass is 9.74. The predicted molar refractivity (Wildman–Crippen MR) is 73.0 cm³/mol. The van der Waals surface area contributed by atoms with Crippen LogP contribution < -0.4 is 5.73 Å². The standard InChI is InChI=1S/C15H23NO/c1-5-11(6-2)14(17)15(3,4)12-7-9-13(16)10-8-12/h7-11H,5-6,16H2,1-4H3.